The maximum Gasteiger partial charge on any atom is 0.270 e. The number of morpholine rings is 1. The lowest BCUT2D eigenvalue weighted by molar-refractivity contribution is 0.0934. The van der Waals surface area contributed by atoms with Gasteiger partial charge in [-0.3, -0.25) is 9.78 Å². The molecule has 1 amide bonds. The molecule has 1 aliphatic heterocycles. The van der Waals surface area contributed by atoms with Crippen molar-refractivity contribution in [1.29, 1.82) is 0 Å². The molecule has 0 bridgehead atoms. The van der Waals surface area contributed by atoms with Crippen LogP contribution in [-0.4, -0.2) is 37.2 Å². The van der Waals surface area contributed by atoms with Gasteiger partial charge in [-0.15, -0.1) is 0 Å². The van der Waals surface area contributed by atoms with E-state index in [4.69, 9.17) is 9.15 Å². The molecule has 0 saturated carbocycles. The lowest BCUT2D eigenvalue weighted by Crippen LogP contribution is -2.36. The highest BCUT2D eigenvalue weighted by Crippen LogP contribution is 2.22. The number of aromatic nitrogens is 1. The van der Waals surface area contributed by atoms with Gasteiger partial charge < -0.3 is 19.4 Å². The zero-order valence-corrected chi connectivity index (χ0v) is 14.3. The Labute approximate surface area is 141 Å². The number of hydrogen-bond donors (Lipinski definition) is 1. The number of carbonyl (C=O) groups is 1. The Kier molecular flexibility index (Phi) is 4.85. The predicted molar refractivity (Wildman–Crippen MR) is 91.3 cm³/mol. The topological polar surface area (TPSA) is 67.6 Å². The number of nitrogens with zero attached hydrogens (tertiary/aromatic N) is 2. The van der Waals surface area contributed by atoms with Crippen LogP contribution in [0, 0.1) is 13.8 Å². The van der Waals surface area contributed by atoms with E-state index in [0.29, 0.717) is 18.9 Å². The van der Waals surface area contributed by atoms with Crippen molar-refractivity contribution in [2.24, 2.45) is 0 Å². The summed E-state index contributed by atoms with van der Waals surface area (Å²) in [5.74, 6) is 1.49. The average molecular weight is 329 g/mol. The van der Waals surface area contributed by atoms with Crippen LogP contribution >= 0.6 is 0 Å². The van der Waals surface area contributed by atoms with E-state index >= 15 is 0 Å². The molecular formula is C18H23N3O3. The van der Waals surface area contributed by atoms with E-state index in [0.717, 1.165) is 35.9 Å². The first-order valence-electron chi connectivity index (χ1n) is 8.21. The van der Waals surface area contributed by atoms with Crippen molar-refractivity contribution in [3.05, 3.63) is 47.2 Å². The van der Waals surface area contributed by atoms with Gasteiger partial charge in [0, 0.05) is 30.5 Å². The van der Waals surface area contributed by atoms with Crippen molar-refractivity contribution >= 4 is 11.6 Å². The second-order valence-corrected chi connectivity index (χ2v) is 6.06. The third-order valence-corrected chi connectivity index (χ3v) is 4.25. The first-order chi connectivity index (χ1) is 11.5. The third-order valence-electron chi connectivity index (χ3n) is 4.25. The number of pyridine rings is 1. The van der Waals surface area contributed by atoms with E-state index in [9.17, 15) is 4.79 Å². The smallest absolute Gasteiger partial charge is 0.270 e. The van der Waals surface area contributed by atoms with E-state index in [1.54, 1.807) is 6.20 Å². The van der Waals surface area contributed by atoms with Crippen LogP contribution in [0.2, 0.25) is 0 Å². The van der Waals surface area contributed by atoms with Crippen LogP contribution in [0.3, 0.4) is 0 Å². The van der Waals surface area contributed by atoms with Crippen LogP contribution in [0.15, 0.2) is 28.8 Å². The summed E-state index contributed by atoms with van der Waals surface area (Å²) in [6, 6.07) is 5.58. The first kappa shape index (κ1) is 16.5. The summed E-state index contributed by atoms with van der Waals surface area (Å²) in [6.45, 7) is 8.83. The first-order valence-corrected chi connectivity index (χ1v) is 8.21. The molecule has 1 fully saturated rings. The quantitative estimate of drug-likeness (QED) is 0.934. The monoisotopic (exact) mass is 329 g/mol. The van der Waals surface area contributed by atoms with Crippen LogP contribution in [0.1, 0.15) is 40.5 Å². The summed E-state index contributed by atoms with van der Waals surface area (Å²) < 4.78 is 10.9. The van der Waals surface area contributed by atoms with Crippen molar-refractivity contribution in [3.8, 4) is 0 Å². The van der Waals surface area contributed by atoms with Gasteiger partial charge in [-0.05, 0) is 39.0 Å². The zero-order valence-electron chi connectivity index (χ0n) is 14.3. The Balaban J connectivity index is 1.71. The summed E-state index contributed by atoms with van der Waals surface area (Å²) in [5, 5.41) is 2.99. The maximum absolute atomic E-state index is 12.5. The highest BCUT2D eigenvalue weighted by molar-refractivity contribution is 5.93. The van der Waals surface area contributed by atoms with Gasteiger partial charge in [0.25, 0.3) is 5.91 Å². The van der Waals surface area contributed by atoms with Crippen LogP contribution in [0.25, 0.3) is 0 Å². The predicted octanol–water partition coefficient (Wildman–Crippen LogP) is 2.62. The highest BCUT2D eigenvalue weighted by atomic mass is 16.5. The molecule has 1 N–H and O–H groups in total. The Bertz CT molecular complexity index is 720. The molecule has 1 saturated heterocycles. The normalized spacial score (nSPS) is 16.0. The third kappa shape index (κ3) is 3.59. The van der Waals surface area contributed by atoms with Crippen molar-refractivity contribution in [1.82, 2.24) is 10.3 Å². The molecule has 3 heterocycles. The fourth-order valence-electron chi connectivity index (χ4n) is 2.99. The van der Waals surface area contributed by atoms with Crippen molar-refractivity contribution in [2.75, 3.05) is 31.2 Å². The van der Waals surface area contributed by atoms with Crippen molar-refractivity contribution in [2.45, 2.75) is 26.8 Å². The number of furan rings is 1. The summed E-state index contributed by atoms with van der Waals surface area (Å²) in [6.07, 6.45) is 1.68. The van der Waals surface area contributed by atoms with Gasteiger partial charge in [0.2, 0.25) is 0 Å². The summed E-state index contributed by atoms with van der Waals surface area (Å²) in [5.41, 5.74) is 2.41. The maximum atomic E-state index is 12.5. The molecule has 1 aliphatic rings. The lowest BCUT2D eigenvalue weighted by Gasteiger charge is -2.28. The number of aryl methyl sites for hydroxylation is 2. The molecule has 2 aromatic heterocycles. The molecule has 0 aromatic carbocycles. The number of rotatable bonds is 4. The number of carbonyl (C=O) groups excluding carboxylic acids is 1. The van der Waals surface area contributed by atoms with Gasteiger partial charge in [-0.1, -0.05) is 0 Å². The van der Waals surface area contributed by atoms with Gasteiger partial charge >= 0.3 is 0 Å². The SMILES string of the molecule is Cc1cc([C@@H](C)NC(=O)c2cc(N3CCOCC3)ccn2)c(C)o1. The molecule has 0 spiro atoms. The van der Waals surface area contributed by atoms with Gasteiger partial charge in [0.05, 0.1) is 19.3 Å². The number of nitrogens with one attached hydrogen (secondary N) is 1. The molecule has 6 heteroatoms. The molecule has 24 heavy (non-hydrogen) atoms. The fraction of sp³-hybridized carbons (Fsp3) is 0.444. The zero-order chi connectivity index (χ0) is 17.1. The molecule has 6 nitrogen and oxygen atoms in total. The molecule has 0 unspecified atom stereocenters. The van der Waals surface area contributed by atoms with Gasteiger partial charge in [-0.2, -0.15) is 0 Å². The molecule has 0 radical (unpaired) electrons. The number of hydrogen-bond acceptors (Lipinski definition) is 5. The minimum Gasteiger partial charge on any atom is -0.466 e. The lowest BCUT2D eigenvalue weighted by atomic mass is 10.1. The molecule has 128 valence electrons. The Morgan fingerprint density at radius 2 is 2.04 bits per heavy atom. The van der Waals surface area contributed by atoms with E-state index in [2.05, 4.69) is 15.2 Å². The second kappa shape index (κ2) is 7.05. The Morgan fingerprint density at radius 1 is 1.29 bits per heavy atom. The number of anilines is 1. The molecule has 1 atom stereocenters. The molecular weight excluding hydrogens is 306 g/mol. The van der Waals surface area contributed by atoms with Crippen molar-refractivity contribution in [3.63, 3.8) is 0 Å². The second-order valence-electron chi connectivity index (χ2n) is 6.06. The molecule has 2 aromatic rings. The summed E-state index contributed by atoms with van der Waals surface area (Å²) >= 11 is 0. The standard InChI is InChI=1S/C18H23N3O3/c1-12-10-16(14(3)24-12)13(2)20-18(22)17-11-15(4-5-19-17)21-6-8-23-9-7-21/h4-5,10-11,13H,6-9H2,1-3H3,(H,20,22)/t13-/m1/s1. The summed E-state index contributed by atoms with van der Waals surface area (Å²) in [4.78, 5) is 19.0. The highest BCUT2D eigenvalue weighted by Gasteiger charge is 2.18. The van der Waals surface area contributed by atoms with Crippen LogP contribution < -0.4 is 10.2 Å². The summed E-state index contributed by atoms with van der Waals surface area (Å²) in [7, 11) is 0. The van der Waals surface area contributed by atoms with E-state index < -0.39 is 0 Å². The largest absolute Gasteiger partial charge is 0.466 e. The van der Waals surface area contributed by atoms with E-state index in [1.807, 2.05) is 39.0 Å². The van der Waals surface area contributed by atoms with Gasteiger partial charge in [0.15, 0.2) is 0 Å². The number of amides is 1. The fourth-order valence-corrected chi connectivity index (χ4v) is 2.99. The van der Waals surface area contributed by atoms with Crippen LogP contribution in [0.5, 0.6) is 0 Å². The molecule has 0 aliphatic carbocycles. The number of ether oxygens (including phenoxy) is 1. The Hall–Kier alpha value is -2.34. The molecule has 3 rings (SSSR count). The average Bonchev–Trinajstić information content (AvgIpc) is 2.94. The van der Waals surface area contributed by atoms with E-state index in [1.165, 1.54) is 0 Å². The van der Waals surface area contributed by atoms with E-state index in [-0.39, 0.29) is 11.9 Å². The van der Waals surface area contributed by atoms with Crippen LogP contribution in [0.4, 0.5) is 5.69 Å². The van der Waals surface area contributed by atoms with Gasteiger partial charge in [-0.25, -0.2) is 0 Å². The minimum atomic E-state index is -0.184. The minimum absolute atomic E-state index is 0.135. The Morgan fingerprint density at radius 3 is 2.71 bits per heavy atom. The van der Waals surface area contributed by atoms with Crippen LogP contribution in [-0.2, 0) is 4.74 Å². The van der Waals surface area contributed by atoms with Gasteiger partial charge in [0.1, 0.15) is 17.2 Å². The van der Waals surface area contributed by atoms with Crippen molar-refractivity contribution < 1.29 is 13.9 Å².